The predicted octanol–water partition coefficient (Wildman–Crippen LogP) is 3.71. The van der Waals surface area contributed by atoms with Gasteiger partial charge < -0.3 is 5.73 Å². The van der Waals surface area contributed by atoms with Crippen LogP contribution in [-0.4, -0.2) is 10.2 Å². The van der Waals surface area contributed by atoms with E-state index < -0.39 is 0 Å². The first-order valence-corrected chi connectivity index (χ1v) is 6.40. The minimum absolute atomic E-state index is 0.577. The molecule has 84 valence electrons. The van der Waals surface area contributed by atoms with Crippen LogP contribution < -0.4 is 5.73 Å². The third-order valence-corrected chi connectivity index (χ3v) is 4.07. The van der Waals surface area contributed by atoms with Crippen molar-refractivity contribution >= 4 is 28.4 Å². The summed E-state index contributed by atoms with van der Waals surface area (Å²) in [5.41, 5.74) is 7.80. The number of rotatable bonds is 3. The third kappa shape index (κ3) is 2.14. The van der Waals surface area contributed by atoms with Gasteiger partial charge in [0.15, 0.2) is 0 Å². The Morgan fingerprint density at radius 1 is 1.38 bits per heavy atom. The van der Waals surface area contributed by atoms with Crippen molar-refractivity contribution < 1.29 is 0 Å². The number of fused-ring (bicyclic) bond motifs is 1. The zero-order valence-corrected chi connectivity index (χ0v) is 10.4. The molecule has 0 aliphatic heterocycles. The van der Waals surface area contributed by atoms with Crippen molar-refractivity contribution in [3.63, 3.8) is 0 Å². The van der Waals surface area contributed by atoms with Crippen molar-refractivity contribution in [2.45, 2.75) is 30.4 Å². The number of para-hydroxylation sites is 1. The van der Waals surface area contributed by atoms with Gasteiger partial charge in [-0.2, -0.15) is 0 Å². The molecule has 0 spiro atoms. The molecule has 0 radical (unpaired) electrons. The second kappa shape index (κ2) is 4.74. The van der Waals surface area contributed by atoms with Crippen LogP contribution in [-0.2, 0) is 0 Å². The molecule has 0 saturated heterocycles. The van der Waals surface area contributed by atoms with Gasteiger partial charge in [0.1, 0.15) is 0 Å². The maximum absolute atomic E-state index is 6.01. The molecular weight excluding hydrogens is 216 g/mol. The Morgan fingerprint density at radius 2 is 2.12 bits per heavy atom. The molecule has 0 fully saturated rings. The molecule has 2 N–H and O–H groups in total. The van der Waals surface area contributed by atoms with E-state index in [-0.39, 0.29) is 0 Å². The highest BCUT2D eigenvalue weighted by Gasteiger charge is 2.09. The molecule has 2 aromatic rings. The van der Waals surface area contributed by atoms with Crippen LogP contribution in [0, 0.1) is 0 Å². The number of thioether (sulfide) groups is 1. The highest BCUT2D eigenvalue weighted by Crippen LogP contribution is 2.35. The maximum atomic E-state index is 6.01. The molecule has 0 amide bonds. The zero-order valence-electron chi connectivity index (χ0n) is 9.60. The molecule has 1 unspecified atom stereocenters. The number of hydrogen-bond donors (Lipinski definition) is 1. The normalized spacial score (nSPS) is 12.9. The first-order valence-electron chi connectivity index (χ1n) is 5.52. The summed E-state index contributed by atoms with van der Waals surface area (Å²) in [6, 6.07) is 8.15. The standard InChI is InChI=1S/C13H16N2S/c1-3-9(2)16-13-10-6-4-5-7-12(10)15-8-11(13)14/h4-9H,3,14H2,1-2H3. The molecule has 2 rings (SSSR count). The van der Waals surface area contributed by atoms with Crippen LogP contribution in [0.2, 0.25) is 0 Å². The molecule has 1 aromatic heterocycles. The molecule has 1 atom stereocenters. The van der Waals surface area contributed by atoms with E-state index in [1.54, 1.807) is 6.20 Å². The maximum Gasteiger partial charge on any atom is 0.0714 e. The Kier molecular flexibility index (Phi) is 3.34. The fourth-order valence-electron chi connectivity index (χ4n) is 1.55. The number of benzene rings is 1. The highest BCUT2D eigenvalue weighted by atomic mass is 32.2. The lowest BCUT2D eigenvalue weighted by molar-refractivity contribution is 0.906. The summed E-state index contributed by atoms with van der Waals surface area (Å²) in [6.07, 6.45) is 2.90. The van der Waals surface area contributed by atoms with Crippen molar-refractivity contribution in [2.75, 3.05) is 5.73 Å². The Balaban J connectivity index is 2.52. The van der Waals surface area contributed by atoms with Crippen LogP contribution in [0.4, 0.5) is 5.69 Å². The van der Waals surface area contributed by atoms with E-state index >= 15 is 0 Å². The van der Waals surface area contributed by atoms with E-state index in [0.29, 0.717) is 5.25 Å². The average molecular weight is 232 g/mol. The number of nitrogens with two attached hydrogens (primary N) is 1. The lowest BCUT2D eigenvalue weighted by atomic mass is 10.2. The molecule has 1 heterocycles. The van der Waals surface area contributed by atoms with Crippen molar-refractivity contribution in [1.29, 1.82) is 0 Å². The zero-order chi connectivity index (χ0) is 11.5. The van der Waals surface area contributed by atoms with Crippen LogP contribution in [0.1, 0.15) is 20.3 Å². The Hall–Kier alpha value is -1.22. The van der Waals surface area contributed by atoms with E-state index in [1.165, 1.54) is 4.90 Å². The molecular formula is C13H16N2S. The third-order valence-electron chi connectivity index (χ3n) is 2.65. The molecule has 0 bridgehead atoms. The number of anilines is 1. The number of nitrogens with zero attached hydrogens (tertiary/aromatic N) is 1. The fourth-order valence-corrected chi connectivity index (χ4v) is 2.60. The minimum atomic E-state index is 0.577. The van der Waals surface area contributed by atoms with Gasteiger partial charge in [-0.25, -0.2) is 0 Å². The average Bonchev–Trinajstić information content (AvgIpc) is 2.32. The summed E-state index contributed by atoms with van der Waals surface area (Å²) in [4.78, 5) is 5.50. The van der Waals surface area contributed by atoms with Crippen LogP contribution in [0.3, 0.4) is 0 Å². The number of pyridine rings is 1. The van der Waals surface area contributed by atoms with Gasteiger partial charge in [0, 0.05) is 15.5 Å². The summed E-state index contributed by atoms with van der Waals surface area (Å²) in [5.74, 6) is 0. The summed E-state index contributed by atoms with van der Waals surface area (Å²) in [5, 5.41) is 1.74. The topological polar surface area (TPSA) is 38.9 Å². The number of hydrogen-bond acceptors (Lipinski definition) is 3. The smallest absolute Gasteiger partial charge is 0.0714 e. The van der Waals surface area contributed by atoms with Gasteiger partial charge in [-0.05, 0) is 12.5 Å². The summed E-state index contributed by atoms with van der Waals surface area (Å²) in [6.45, 7) is 4.41. The van der Waals surface area contributed by atoms with Gasteiger partial charge in [-0.3, -0.25) is 4.98 Å². The molecule has 16 heavy (non-hydrogen) atoms. The van der Waals surface area contributed by atoms with Crippen molar-refractivity contribution in [1.82, 2.24) is 4.98 Å². The second-order valence-electron chi connectivity index (χ2n) is 3.90. The van der Waals surface area contributed by atoms with Crippen molar-refractivity contribution in [2.24, 2.45) is 0 Å². The first kappa shape index (κ1) is 11.3. The van der Waals surface area contributed by atoms with Crippen LogP contribution >= 0.6 is 11.8 Å². The minimum Gasteiger partial charge on any atom is -0.397 e. The summed E-state index contributed by atoms with van der Waals surface area (Å²) in [7, 11) is 0. The molecule has 2 nitrogen and oxygen atoms in total. The highest BCUT2D eigenvalue weighted by molar-refractivity contribution is 8.00. The quantitative estimate of drug-likeness (QED) is 0.820. The Bertz CT molecular complexity index is 496. The van der Waals surface area contributed by atoms with Crippen LogP contribution in [0.5, 0.6) is 0 Å². The summed E-state index contributed by atoms with van der Waals surface area (Å²) >= 11 is 1.83. The van der Waals surface area contributed by atoms with Crippen molar-refractivity contribution in [3.8, 4) is 0 Å². The molecule has 1 aromatic carbocycles. The molecule has 0 aliphatic rings. The van der Waals surface area contributed by atoms with Crippen LogP contribution in [0.25, 0.3) is 10.9 Å². The molecule has 3 heteroatoms. The molecule has 0 saturated carbocycles. The monoisotopic (exact) mass is 232 g/mol. The van der Waals surface area contributed by atoms with E-state index in [2.05, 4.69) is 24.9 Å². The Morgan fingerprint density at radius 3 is 2.88 bits per heavy atom. The van der Waals surface area contributed by atoms with E-state index in [1.807, 2.05) is 30.0 Å². The van der Waals surface area contributed by atoms with Gasteiger partial charge >= 0.3 is 0 Å². The van der Waals surface area contributed by atoms with Gasteiger partial charge in [0.25, 0.3) is 0 Å². The SMILES string of the molecule is CCC(C)Sc1c(N)cnc2ccccc12. The predicted molar refractivity (Wildman–Crippen MR) is 71.8 cm³/mol. The number of aromatic nitrogens is 1. The van der Waals surface area contributed by atoms with E-state index in [0.717, 1.165) is 23.0 Å². The largest absolute Gasteiger partial charge is 0.397 e. The summed E-state index contributed by atoms with van der Waals surface area (Å²) < 4.78 is 0. The van der Waals surface area contributed by atoms with Crippen LogP contribution in [0.15, 0.2) is 35.4 Å². The van der Waals surface area contributed by atoms with Gasteiger partial charge in [-0.15, -0.1) is 11.8 Å². The lowest BCUT2D eigenvalue weighted by Crippen LogP contribution is -1.97. The van der Waals surface area contributed by atoms with Gasteiger partial charge in [0.05, 0.1) is 17.4 Å². The van der Waals surface area contributed by atoms with E-state index in [4.69, 9.17) is 5.73 Å². The molecule has 0 aliphatic carbocycles. The van der Waals surface area contributed by atoms with Crippen molar-refractivity contribution in [3.05, 3.63) is 30.5 Å². The Labute approximate surface area is 100 Å². The lowest BCUT2D eigenvalue weighted by Gasteiger charge is -2.12. The van der Waals surface area contributed by atoms with E-state index in [9.17, 15) is 0 Å². The second-order valence-corrected chi connectivity index (χ2v) is 5.35. The van der Waals surface area contributed by atoms with Gasteiger partial charge in [-0.1, -0.05) is 32.0 Å². The fraction of sp³-hybridized carbons (Fsp3) is 0.308. The van der Waals surface area contributed by atoms with Gasteiger partial charge in [0.2, 0.25) is 0 Å². The number of nitrogen functional groups attached to an aromatic ring is 1. The first-order chi connectivity index (χ1) is 7.72.